The molecule has 0 spiro atoms. The molecule has 2 rings (SSSR count). The second-order valence-corrected chi connectivity index (χ2v) is 7.05. The summed E-state index contributed by atoms with van der Waals surface area (Å²) in [4.78, 5) is 0. The summed E-state index contributed by atoms with van der Waals surface area (Å²) >= 11 is 0. The fourth-order valence-corrected chi connectivity index (χ4v) is 4.44. The Morgan fingerprint density at radius 3 is 1.83 bits per heavy atom. The Labute approximate surface area is 114 Å². The molecule has 1 nitrogen and oxygen atoms in total. The lowest BCUT2D eigenvalue weighted by Gasteiger charge is -2.38. The van der Waals surface area contributed by atoms with E-state index in [-0.39, 0.29) is 0 Å². The highest BCUT2D eigenvalue weighted by Crippen LogP contribution is 2.39. The van der Waals surface area contributed by atoms with Gasteiger partial charge in [-0.15, -0.1) is 0 Å². The van der Waals surface area contributed by atoms with Gasteiger partial charge in [0.1, 0.15) is 0 Å². The molecule has 2 saturated carbocycles. The Hall–Kier alpha value is -0.0400. The summed E-state index contributed by atoms with van der Waals surface area (Å²) in [6.07, 6.45) is 11.9. The first kappa shape index (κ1) is 14.4. The van der Waals surface area contributed by atoms with Gasteiger partial charge >= 0.3 is 0 Å². The van der Waals surface area contributed by atoms with Crippen molar-refractivity contribution in [1.82, 2.24) is 5.32 Å². The van der Waals surface area contributed by atoms with Crippen LogP contribution in [0.5, 0.6) is 0 Å². The summed E-state index contributed by atoms with van der Waals surface area (Å²) in [6, 6.07) is 0.839. The molecule has 1 heteroatoms. The van der Waals surface area contributed by atoms with Gasteiger partial charge in [-0.1, -0.05) is 33.6 Å². The maximum atomic E-state index is 3.84. The van der Waals surface area contributed by atoms with E-state index in [0.717, 1.165) is 36.3 Å². The monoisotopic (exact) mass is 251 g/mol. The second-order valence-electron chi connectivity index (χ2n) is 7.05. The van der Waals surface area contributed by atoms with Gasteiger partial charge in [-0.25, -0.2) is 0 Å². The van der Waals surface area contributed by atoms with Gasteiger partial charge in [-0.2, -0.15) is 0 Å². The average Bonchev–Trinajstić information content (AvgIpc) is 2.90. The zero-order chi connectivity index (χ0) is 13.0. The van der Waals surface area contributed by atoms with Gasteiger partial charge in [0.25, 0.3) is 0 Å². The molecular weight excluding hydrogens is 218 g/mol. The summed E-state index contributed by atoms with van der Waals surface area (Å²) in [7, 11) is 0. The molecule has 0 aromatic rings. The molecule has 106 valence electrons. The average molecular weight is 251 g/mol. The first-order chi connectivity index (χ1) is 8.72. The van der Waals surface area contributed by atoms with E-state index in [4.69, 9.17) is 0 Å². The van der Waals surface area contributed by atoms with Crippen LogP contribution in [0.15, 0.2) is 0 Å². The standard InChI is InChI=1S/C17H33N/c1-4-18-17(15-7-5-6-8-15)16-11-9-14(10-12-16)13(2)3/h13-18H,4-12H2,1-3H3. The van der Waals surface area contributed by atoms with E-state index in [1.54, 1.807) is 0 Å². The number of nitrogens with one attached hydrogen (secondary N) is 1. The van der Waals surface area contributed by atoms with Gasteiger partial charge in [0.2, 0.25) is 0 Å². The molecule has 0 heterocycles. The maximum Gasteiger partial charge on any atom is 0.0123 e. The van der Waals surface area contributed by atoms with Crippen molar-refractivity contribution >= 4 is 0 Å². The lowest BCUT2D eigenvalue weighted by molar-refractivity contribution is 0.159. The highest BCUT2D eigenvalue weighted by Gasteiger charge is 2.33. The first-order valence-electron chi connectivity index (χ1n) is 8.45. The third kappa shape index (κ3) is 3.50. The third-order valence-electron chi connectivity index (χ3n) is 5.61. The minimum atomic E-state index is 0.839. The van der Waals surface area contributed by atoms with E-state index in [1.807, 2.05) is 0 Å². The summed E-state index contributed by atoms with van der Waals surface area (Å²) in [5, 5.41) is 3.84. The van der Waals surface area contributed by atoms with Gasteiger partial charge in [-0.05, 0) is 68.7 Å². The topological polar surface area (TPSA) is 12.0 Å². The van der Waals surface area contributed by atoms with Crippen molar-refractivity contribution in [2.75, 3.05) is 6.54 Å². The van der Waals surface area contributed by atoms with Crippen LogP contribution in [0.2, 0.25) is 0 Å². The SMILES string of the molecule is CCNC(C1CCCC1)C1CCC(C(C)C)CC1. The van der Waals surface area contributed by atoms with Crippen molar-refractivity contribution in [3.05, 3.63) is 0 Å². The van der Waals surface area contributed by atoms with Crippen molar-refractivity contribution in [1.29, 1.82) is 0 Å². The van der Waals surface area contributed by atoms with Crippen LogP contribution in [0.1, 0.15) is 72.1 Å². The highest BCUT2D eigenvalue weighted by molar-refractivity contribution is 4.88. The molecule has 1 atom stereocenters. The predicted octanol–water partition coefficient (Wildman–Crippen LogP) is 4.62. The van der Waals surface area contributed by atoms with Crippen LogP contribution in [0.25, 0.3) is 0 Å². The summed E-state index contributed by atoms with van der Waals surface area (Å²) in [6.45, 7) is 8.25. The Kier molecular flexibility index (Phi) is 5.54. The van der Waals surface area contributed by atoms with Crippen LogP contribution >= 0.6 is 0 Å². The van der Waals surface area contributed by atoms with Crippen LogP contribution in [0, 0.1) is 23.7 Å². The molecule has 2 fully saturated rings. The lowest BCUT2D eigenvalue weighted by atomic mass is 9.72. The number of hydrogen-bond acceptors (Lipinski definition) is 1. The Bertz CT molecular complexity index is 222. The molecule has 0 aliphatic heterocycles. The zero-order valence-electron chi connectivity index (χ0n) is 12.8. The van der Waals surface area contributed by atoms with E-state index in [9.17, 15) is 0 Å². The molecule has 0 saturated heterocycles. The van der Waals surface area contributed by atoms with E-state index in [0.29, 0.717) is 0 Å². The molecule has 0 aromatic heterocycles. The summed E-state index contributed by atoms with van der Waals surface area (Å²) in [5.74, 6) is 3.87. The summed E-state index contributed by atoms with van der Waals surface area (Å²) in [5.41, 5.74) is 0. The van der Waals surface area contributed by atoms with Crippen LogP contribution in [-0.2, 0) is 0 Å². The largest absolute Gasteiger partial charge is 0.314 e. The van der Waals surface area contributed by atoms with Gasteiger partial charge in [0, 0.05) is 6.04 Å². The van der Waals surface area contributed by atoms with Crippen molar-refractivity contribution in [2.45, 2.75) is 78.2 Å². The molecule has 2 aliphatic rings. The quantitative estimate of drug-likeness (QED) is 0.752. The van der Waals surface area contributed by atoms with Crippen LogP contribution in [0.3, 0.4) is 0 Å². The molecule has 2 aliphatic carbocycles. The molecule has 0 aromatic carbocycles. The number of hydrogen-bond donors (Lipinski definition) is 1. The molecule has 1 unspecified atom stereocenters. The first-order valence-corrected chi connectivity index (χ1v) is 8.45. The molecule has 0 bridgehead atoms. The fourth-order valence-electron chi connectivity index (χ4n) is 4.44. The zero-order valence-corrected chi connectivity index (χ0v) is 12.8. The normalized spacial score (nSPS) is 32.0. The molecule has 18 heavy (non-hydrogen) atoms. The van der Waals surface area contributed by atoms with E-state index in [1.165, 1.54) is 51.4 Å². The molecule has 1 N–H and O–H groups in total. The maximum absolute atomic E-state index is 3.84. The fraction of sp³-hybridized carbons (Fsp3) is 1.00. The Morgan fingerprint density at radius 2 is 1.33 bits per heavy atom. The lowest BCUT2D eigenvalue weighted by Crippen LogP contribution is -2.43. The van der Waals surface area contributed by atoms with Crippen LogP contribution in [0.4, 0.5) is 0 Å². The van der Waals surface area contributed by atoms with E-state index >= 15 is 0 Å². The van der Waals surface area contributed by atoms with Gasteiger partial charge < -0.3 is 5.32 Å². The van der Waals surface area contributed by atoms with Crippen molar-refractivity contribution < 1.29 is 0 Å². The van der Waals surface area contributed by atoms with E-state index < -0.39 is 0 Å². The minimum absolute atomic E-state index is 0.839. The number of rotatable bonds is 5. The molecule has 0 radical (unpaired) electrons. The minimum Gasteiger partial charge on any atom is -0.314 e. The Balaban J connectivity index is 1.87. The predicted molar refractivity (Wildman–Crippen MR) is 79.7 cm³/mol. The van der Waals surface area contributed by atoms with Crippen LogP contribution < -0.4 is 5.32 Å². The van der Waals surface area contributed by atoms with E-state index in [2.05, 4.69) is 26.1 Å². The third-order valence-corrected chi connectivity index (χ3v) is 5.61. The van der Waals surface area contributed by atoms with Crippen molar-refractivity contribution in [3.8, 4) is 0 Å². The van der Waals surface area contributed by atoms with Crippen LogP contribution in [-0.4, -0.2) is 12.6 Å². The second kappa shape index (κ2) is 6.93. The van der Waals surface area contributed by atoms with Gasteiger partial charge in [0.05, 0.1) is 0 Å². The Morgan fingerprint density at radius 1 is 0.833 bits per heavy atom. The van der Waals surface area contributed by atoms with Crippen molar-refractivity contribution in [3.63, 3.8) is 0 Å². The summed E-state index contributed by atoms with van der Waals surface area (Å²) < 4.78 is 0. The van der Waals surface area contributed by atoms with Gasteiger partial charge in [-0.3, -0.25) is 0 Å². The van der Waals surface area contributed by atoms with Crippen molar-refractivity contribution in [2.24, 2.45) is 23.7 Å². The van der Waals surface area contributed by atoms with Gasteiger partial charge in [0.15, 0.2) is 0 Å². The molecule has 0 amide bonds. The highest BCUT2D eigenvalue weighted by atomic mass is 14.9. The molecular formula is C17H33N. The smallest absolute Gasteiger partial charge is 0.0123 e.